The molecule has 1 unspecified atom stereocenters. The number of anilines is 1. The van der Waals surface area contributed by atoms with Crippen LogP contribution >= 0.6 is 11.6 Å². The van der Waals surface area contributed by atoms with Crippen molar-refractivity contribution in [2.75, 3.05) is 25.2 Å². The van der Waals surface area contributed by atoms with Crippen molar-refractivity contribution in [2.45, 2.75) is 25.3 Å². The fourth-order valence-electron chi connectivity index (χ4n) is 3.39. The van der Waals surface area contributed by atoms with Crippen LogP contribution in [-0.4, -0.2) is 50.1 Å². The maximum atomic E-state index is 12.4. The number of amides is 2. The van der Waals surface area contributed by atoms with Gasteiger partial charge in [-0.15, -0.1) is 0 Å². The summed E-state index contributed by atoms with van der Waals surface area (Å²) in [5.41, 5.74) is 1.43. The summed E-state index contributed by atoms with van der Waals surface area (Å²) in [6.45, 7) is -0.0580. The minimum Gasteiger partial charge on any atom is -0.467 e. The van der Waals surface area contributed by atoms with Crippen LogP contribution in [0.25, 0.3) is 0 Å². The van der Waals surface area contributed by atoms with Gasteiger partial charge in [0.1, 0.15) is 6.04 Å². The largest absolute Gasteiger partial charge is 0.467 e. The molecule has 1 heterocycles. The topological polar surface area (TPSA) is 102 Å². The first-order valence-corrected chi connectivity index (χ1v) is 10.4. The van der Waals surface area contributed by atoms with E-state index in [1.54, 1.807) is 0 Å². The van der Waals surface area contributed by atoms with Gasteiger partial charge in [0.2, 0.25) is 5.91 Å². The van der Waals surface area contributed by atoms with E-state index < -0.39 is 30.5 Å². The fourth-order valence-corrected chi connectivity index (χ4v) is 3.60. The highest BCUT2D eigenvalue weighted by atomic mass is 35.5. The summed E-state index contributed by atoms with van der Waals surface area (Å²) in [6, 6.07) is 12.7. The van der Waals surface area contributed by atoms with Crippen LogP contribution in [-0.2, 0) is 30.3 Å². The summed E-state index contributed by atoms with van der Waals surface area (Å²) >= 11 is 6.19. The maximum Gasteiger partial charge on any atom is 0.338 e. The predicted molar refractivity (Wildman–Crippen MR) is 117 cm³/mol. The van der Waals surface area contributed by atoms with Crippen LogP contribution in [0.5, 0.6) is 0 Å². The van der Waals surface area contributed by atoms with Crippen LogP contribution in [0.4, 0.5) is 5.69 Å². The van der Waals surface area contributed by atoms with Gasteiger partial charge in [-0.1, -0.05) is 41.9 Å². The Hall–Kier alpha value is -3.39. The summed E-state index contributed by atoms with van der Waals surface area (Å²) in [4.78, 5) is 50.3. The normalized spacial score (nSPS) is 14.1. The molecule has 9 heteroatoms. The van der Waals surface area contributed by atoms with Crippen molar-refractivity contribution in [1.29, 1.82) is 0 Å². The highest BCUT2D eigenvalue weighted by Gasteiger charge is 2.25. The van der Waals surface area contributed by atoms with Crippen LogP contribution in [0, 0.1) is 0 Å². The van der Waals surface area contributed by atoms with Crippen molar-refractivity contribution in [3.8, 4) is 0 Å². The van der Waals surface area contributed by atoms with E-state index in [4.69, 9.17) is 21.1 Å². The number of benzene rings is 2. The zero-order valence-corrected chi connectivity index (χ0v) is 18.3. The fraction of sp³-hybridized carbons (Fsp3) is 0.304. The zero-order chi connectivity index (χ0) is 23.1. The number of esters is 2. The smallest absolute Gasteiger partial charge is 0.338 e. The monoisotopic (exact) mass is 458 g/mol. The van der Waals surface area contributed by atoms with Gasteiger partial charge in [-0.3, -0.25) is 9.59 Å². The number of carbonyl (C=O) groups excluding carboxylic acids is 4. The average Bonchev–Trinajstić information content (AvgIpc) is 3.23. The molecule has 1 aliphatic rings. The Balaban J connectivity index is 1.60. The third kappa shape index (κ3) is 5.85. The van der Waals surface area contributed by atoms with Crippen LogP contribution in [0.3, 0.4) is 0 Å². The van der Waals surface area contributed by atoms with Gasteiger partial charge in [-0.05, 0) is 30.2 Å². The standard InChI is InChI=1S/C23H23ClN2O6/c1-31-23(30)18(12-15-6-3-2-4-7-15)25-20(27)14-32-22(29)16-9-10-17(24)19(13-16)26-11-5-8-21(26)28/h2-4,6-7,9-10,13,18H,5,8,11-12,14H2,1H3,(H,25,27). The van der Waals surface area contributed by atoms with Crippen LogP contribution in [0.1, 0.15) is 28.8 Å². The highest BCUT2D eigenvalue weighted by Crippen LogP contribution is 2.30. The van der Waals surface area contributed by atoms with E-state index in [-0.39, 0.29) is 17.9 Å². The van der Waals surface area contributed by atoms with E-state index in [0.717, 1.165) is 5.56 Å². The molecule has 1 atom stereocenters. The summed E-state index contributed by atoms with van der Waals surface area (Å²) in [5, 5.41) is 2.87. The molecule has 0 aromatic heterocycles. The van der Waals surface area contributed by atoms with Crippen LogP contribution < -0.4 is 10.2 Å². The second-order valence-corrected chi connectivity index (χ2v) is 7.63. The van der Waals surface area contributed by atoms with Gasteiger partial charge in [0, 0.05) is 19.4 Å². The van der Waals surface area contributed by atoms with Crippen molar-refractivity contribution in [3.63, 3.8) is 0 Å². The van der Waals surface area contributed by atoms with Crippen molar-refractivity contribution >= 4 is 41.0 Å². The minimum atomic E-state index is -0.920. The Labute approximate surface area is 190 Å². The molecule has 2 amide bonds. The first kappa shape index (κ1) is 23.3. The molecule has 0 bridgehead atoms. The molecule has 3 rings (SSSR count). The summed E-state index contributed by atoms with van der Waals surface area (Å²) < 4.78 is 9.85. The molecule has 0 radical (unpaired) electrons. The SMILES string of the molecule is COC(=O)C(Cc1ccccc1)NC(=O)COC(=O)c1ccc(Cl)c(N2CCCC2=O)c1. The molecule has 0 saturated carbocycles. The average molecular weight is 459 g/mol. The number of methoxy groups -OCH3 is 1. The van der Waals surface area contributed by atoms with Gasteiger partial charge >= 0.3 is 11.9 Å². The molecule has 168 valence electrons. The van der Waals surface area contributed by atoms with Crippen molar-refractivity contribution < 1.29 is 28.7 Å². The molecule has 8 nitrogen and oxygen atoms in total. The van der Waals surface area contributed by atoms with E-state index in [1.165, 1.54) is 30.2 Å². The summed E-state index contributed by atoms with van der Waals surface area (Å²) in [7, 11) is 1.23. The number of rotatable bonds is 8. The summed E-state index contributed by atoms with van der Waals surface area (Å²) in [6.07, 6.45) is 1.38. The van der Waals surface area contributed by atoms with Crippen molar-refractivity contribution in [2.24, 2.45) is 0 Å². The predicted octanol–water partition coefficient (Wildman–Crippen LogP) is 2.52. The number of hydrogen-bond donors (Lipinski definition) is 1. The zero-order valence-electron chi connectivity index (χ0n) is 17.5. The molecule has 0 spiro atoms. The number of nitrogens with one attached hydrogen (secondary N) is 1. The summed E-state index contributed by atoms with van der Waals surface area (Å²) in [5.74, 6) is -2.06. The molecular weight excluding hydrogens is 436 g/mol. The Morgan fingerprint density at radius 1 is 1.16 bits per heavy atom. The lowest BCUT2D eigenvalue weighted by molar-refractivity contribution is -0.145. The van der Waals surface area contributed by atoms with Gasteiger partial charge in [-0.25, -0.2) is 9.59 Å². The van der Waals surface area contributed by atoms with Gasteiger partial charge in [0.05, 0.1) is 23.4 Å². The quantitative estimate of drug-likeness (QED) is 0.610. The molecule has 0 aliphatic carbocycles. The van der Waals surface area contributed by atoms with Crippen molar-refractivity contribution in [1.82, 2.24) is 5.32 Å². The number of nitrogens with zero attached hydrogens (tertiary/aromatic N) is 1. The molecule has 2 aromatic rings. The number of carbonyl (C=O) groups is 4. The van der Waals surface area contributed by atoms with Gasteiger partial charge in [-0.2, -0.15) is 0 Å². The van der Waals surface area contributed by atoms with E-state index in [0.29, 0.717) is 30.1 Å². The number of hydrogen-bond acceptors (Lipinski definition) is 6. The Bertz CT molecular complexity index is 1010. The molecule has 1 fully saturated rings. The first-order chi connectivity index (χ1) is 15.4. The maximum absolute atomic E-state index is 12.4. The lowest BCUT2D eigenvalue weighted by Gasteiger charge is -2.18. The number of halogens is 1. The van der Waals surface area contributed by atoms with E-state index >= 15 is 0 Å². The van der Waals surface area contributed by atoms with Crippen LogP contribution in [0.15, 0.2) is 48.5 Å². The van der Waals surface area contributed by atoms with E-state index in [9.17, 15) is 19.2 Å². The van der Waals surface area contributed by atoms with Gasteiger partial charge < -0.3 is 19.7 Å². The van der Waals surface area contributed by atoms with Crippen LogP contribution in [0.2, 0.25) is 5.02 Å². The Kier molecular flexibility index (Phi) is 7.83. The van der Waals surface area contributed by atoms with E-state index in [2.05, 4.69) is 5.32 Å². The minimum absolute atomic E-state index is 0.0657. The van der Waals surface area contributed by atoms with Crippen molar-refractivity contribution in [3.05, 3.63) is 64.7 Å². The first-order valence-electron chi connectivity index (χ1n) is 10.1. The van der Waals surface area contributed by atoms with E-state index in [1.807, 2.05) is 30.3 Å². The second-order valence-electron chi connectivity index (χ2n) is 7.22. The Morgan fingerprint density at radius 2 is 1.91 bits per heavy atom. The third-order valence-electron chi connectivity index (χ3n) is 4.98. The molecule has 1 saturated heterocycles. The molecule has 1 N–H and O–H groups in total. The highest BCUT2D eigenvalue weighted by molar-refractivity contribution is 6.34. The van der Waals surface area contributed by atoms with Gasteiger partial charge in [0.25, 0.3) is 5.91 Å². The molecule has 1 aliphatic heterocycles. The molecule has 2 aromatic carbocycles. The lowest BCUT2D eigenvalue weighted by atomic mass is 10.1. The lowest BCUT2D eigenvalue weighted by Crippen LogP contribution is -2.44. The van der Waals surface area contributed by atoms with Gasteiger partial charge in [0.15, 0.2) is 6.61 Å². The third-order valence-corrected chi connectivity index (χ3v) is 5.30. The number of ether oxygens (including phenoxy) is 2. The molecule has 32 heavy (non-hydrogen) atoms. The molecular formula is C23H23ClN2O6. The Morgan fingerprint density at radius 3 is 2.56 bits per heavy atom. The second kappa shape index (κ2) is 10.8.